The number of carboxylic acid groups (broad SMARTS) is 1. The minimum atomic E-state index is -1.02. The third kappa shape index (κ3) is 3.07. The van der Waals surface area contributed by atoms with Crippen molar-refractivity contribution in [3.63, 3.8) is 0 Å². The van der Waals surface area contributed by atoms with Crippen LogP contribution < -0.4 is 0 Å². The predicted molar refractivity (Wildman–Crippen MR) is 86.2 cm³/mol. The minimum absolute atomic E-state index is 0.0801. The number of amides is 1. The number of aliphatic carboxylic acids is 1. The number of hydrogen-bond donors (Lipinski definition) is 2. The number of hydrogen-bond acceptors (Lipinski definition) is 4. The predicted octanol–water partition coefficient (Wildman–Crippen LogP) is 2.37. The molecule has 1 atom stereocenters. The van der Waals surface area contributed by atoms with E-state index in [0.29, 0.717) is 37.1 Å². The zero-order valence-electron chi connectivity index (χ0n) is 14.2. The summed E-state index contributed by atoms with van der Waals surface area (Å²) in [6.07, 6.45) is 5.04. The molecule has 2 aliphatic rings. The highest BCUT2D eigenvalue weighted by atomic mass is 16.4. The van der Waals surface area contributed by atoms with Crippen molar-refractivity contribution in [2.75, 3.05) is 6.54 Å². The van der Waals surface area contributed by atoms with Crippen LogP contribution in [0.25, 0.3) is 0 Å². The summed E-state index contributed by atoms with van der Waals surface area (Å²) >= 11 is 0. The molecule has 1 aromatic rings. The third-order valence-electron chi connectivity index (χ3n) is 5.56. The molecule has 132 valence electrons. The van der Waals surface area contributed by atoms with Gasteiger partial charge >= 0.3 is 5.97 Å². The SMILES string of the molecule is CC(C)(O)C1CCC(C(=O)N2CCc3occc3C2C(=O)O)CC1. The van der Waals surface area contributed by atoms with Crippen LogP contribution in [0.4, 0.5) is 0 Å². The van der Waals surface area contributed by atoms with Gasteiger partial charge in [0.05, 0.1) is 11.9 Å². The first-order valence-corrected chi connectivity index (χ1v) is 8.61. The molecule has 1 saturated carbocycles. The number of rotatable bonds is 3. The molecule has 1 aromatic heterocycles. The third-order valence-corrected chi connectivity index (χ3v) is 5.56. The number of carbonyl (C=O) groups excluding carboxylic acids is 1. The molecule has 24 heavy (non-hydrogen) atoms. The Hall–Kier alpha value is -1.82. The van der Waals surface area contributed by atoms with Crippen molar-refractivity contribution in [1.29, 1.82) is 0 Å². The fraction of sp³-hybridized carbons (Fsp3) is 0.667. The lowest BCUT2D eigenvalue weighted by Gasteiger charge is -2.39. The number of furan rings is 1. The highest BCUT2D eigenvalue weighted by molar-refractivity contribution is 5.86. The van der Waals surface area contributed by atoms with Crippen molar-refractivity contribution in [2.24, 2.45) is 11.8 Å². The average Bonchev–Trinajstić information content (AvgIpc) is 3.00. The maximum absolute atomic E-state index is 12.9. The van der Waals surface area contributed by atoms with Gasteiger partial charge in [-0.25, -0.2) is 4.79 Å². The molecule has 1 fully saturated rings. The molecule has 1 unspecified atom stereocenters. The van der Waals surface area contributed by atoms with Crippen molar-refractivity contribution in [3.05, 3.63) is 23.7 Å². The molecule has 1 aliphatic carbocycles. The summed E-state index contributed by atoms with van der Waals surface area (Å²) < 4.78 is 5.33. The summed E-state index contributed by atoms with van der Waals surface area (Å²) in [6.45, 7) is 4.00. The lowest BCUT2D eigenvalue weighted by Crippen LogP contribution is -2.47. The Labute approximate surface area is 141 Å². The van der Waals surface area contributed by atoms with Crippen LogP contribution in [0, 0.1) is 11.8 Å². The second-order valence-electron chi connectivity index (χ2n) is 7.52. The van der Waals surface area contributed by atoms with E-state index in [2.05, 4.69) is 0 Å². The molecule has 2 heterocycles. The van der Waals surface area contributed by atoms with Gasteiger partial charge < -0.3 is 19.5 Å². The van der Waals surface area contributed by atoms with E-state index in [0.717, 1.165) is 12.8 Å². The maximum atomic E-state index is 12.9. The molecule has 0 aromatic carbocycles. The van der Waals surface area contributed by atoms with Crippen LogP contribution in [0.3, 0.4) is 0 Å². The van der Waals surface area contributed by atoms with Gasteiger partial charge in [-0.1, -0.05) is 0 Å². The zero-order valence-corrected chi connectivity index (χ0v) is 14.2. The number of aliphatic hydroxyl groups is 1. The van der Waals surface area contributed by atoms with Crippen molar-refractivity contribution in [1.82, 2.24) is 4.90 Å². The van der Waals surface area contributed by atoms with Crippen molar-refractivity contribution in [3.8, 4) is 0 Å². The lowest BCUT2D eigenvalue weighted by molar-refractivity contribution is -0.154. The first-order valence-electron chi connectivity index (χ1n) is 8.61. The van der Waals surface area contributed by atoms with E-state index in [-0.39, 0.29) is 17.7 Å². The van der Waals surface area contributed by atoms with Gasteiger partial charge in [0.2, 0.25) is 5.91 Å². The Morgan fingerprint density at radius 2 is 1.92 bits per heavy atom. The van der Waals surface area contributed by atoms with Crippen LogP contribution in [-0.2, 0) is 16.0 Å². The number of carbonyl (C=O) groups is 2. The molecular weight excluding hydrogens is 310 g/mol. The van der Waals surface area contributed by atoms with Crippen LogP contribution >= 0.6 is 0 Å². The van der Waals surface area contributed by atoms with Crippen LogP contribution in [0.1, 0.15) is 56.9 Å². The minimum Gasteiger partial charge on any atom is -0.479 e. The van der Waals surface area contributed by atoms with Crippen LogP contribution in [0.2, 0.25) is 0 Å². The van der Waals surface area contributed by atoms with Crippen LogP contribution in [0.5, 0.6) is 0 Å². The van der Waals surface area contributed by atoms with E-state index >= 15 is 0 Å². The fourth-order valence-electron chi connectivity index (χ4n) is 4.10. The average molecular weight is 335 g/mol. The maximum Gasteiger partial charge on any atom is 0.331 e. The molecule has 1 amide bonds. The molecule has 0 bridgehead atoms. The van der Waals surface area contributed by atoms with E-state index < -0.39 is 17.6 Å². The van der Waals surface area contributed by atoms with E-state index in [1.165, 1.54) is 11.2 Å². The summed E-state index contributed by atoms with van der Waals surface area (Å²) in [7, 11) is 0. The normalized spacial score (nSPS) is 27.6. The zero-order chi connectivity index (χ0) is 17.5. The molecular formula is C18H25NO5. The second-order valence-corrected chi connectivity index (χ2v) is 7.52. The van der Waals surface area contributed by atoms with Gasteiger partial charge in [-0.3, -0.25) is 4.79 Å². The summed E-state index contributed by atoms with van der Waals surface area (Å²) in [5.41, 5.74) is -0.138. The Bertz CT molecular complexity index is 622. The van der Waals surface area contributed by atoms with Crippen LogP contribution in [-0.4, -0.2) is 39.1 Å². The number of carboxylic acids is 1. The van der Waals surface area contributed by atoms with Crippen molar-refractivity contribution >= 4 is 11.9 Å². The van der Waals surface area contributed by atoms with Gasteiger partial charge in [-0.2, -0.15) is 0 Å². The van der Waals surface area contributed by atoms with Gasteiger partial charge in [-0.15, -0.1) is 0 Å². The Kier molecular flexibility index (Phi) is 4.42. The summed E-state index contributed by atoms with van der Waals surface area (Å²) in [5.74, 6) is -0.394. The molecule has 0 saturated heterocycles. The van der Waals surface area contributed by atoms with Crippen molar-refractivity contribution in [2.45, 2.75) is 57.6 Å². The molecule has 0 radical (unpaired) electrons. The molecule has 3 rings (SSSR count). The number of fused-ring (bicyclic) bond motifs is 1. The Morgan fingerprint density at radius 3 is 2.50 bits per heavy atom. The largest absolute Gasteiger partial charge is 0.479 e. The standard InChI is InChI=1S/C18H25NO5/c1-18(2,23)12-5-3-11(4-6-12)16(20)19-9-7-14-13(8-10-24-14)15(19)17(21)22/h8,10-12,15,23H,3-7,9H2,1-2H3,(H,21,22). The Morgan fingerprint density at radius 1 is 1.25 bits per heavy atom. The molecule has 2 N–H and O–H groups in total. The first kappa shape index (κ1) is 17.0. The summed E-state index contributed by atoms with van der Waals surface area (Å²) in [5, 5.41) is 19.7. The van der Waals surface area contributed by atoms with Gasteiger partial charge in [0.15, 0.2) is 6.04 Å². The monoisotopic (exact) mass is 335 g/mol. The fourth-order valence-corrected chi connectivity index (χ4v) is 4.10. The molecule has 6 heteroatoms. The highest BCUT2D eigenvalue weighted by Gasteiger charge is 2.41. The van der Waals surface area contributed by atoms with E-state index in [9.17, 15) is 19.8 Å². The molecule has 0 spiro atoms. The van der Waals surface area contributed by atoms with Crippen LogP contribution in [0.15, 0.2) is 16.7 Å². The summed E-state index contributed by atoms with van der Waals surface area (Å²) in [6, 6.07) is 0.700. The highest BCUT2D eigenvalue weighted by Crippen LogP contribution is 2.38. The van der Waals surface area contributed by atoms with Gasteiger partial charge in [0.25, 0.3) is 0 Å². The van der Waals surface area contributed by atoms with Crippen molar-refractivity contribution < 1.29 is 24.2 Å². The smallest absolute Gasteiger partial charge is 0.331 e. The van der Waals surface area contributed by atoms with E-state index in [1.807, 2.05) is 13.8 Å². The van der Waals surface area contributed by atoms with E-state index in [4.69, 9.17) is 4.42 Å². The van der Waals surface area contributed by atoms with Gasteiger partial charge in [0.1, 0.15) is 5.76 Å². The van der Waals surface area contributed by atoms with Gasteiger partial charge in [0, 0.05) is 24.4 Å². The quantitative estimate of drug-likeness (QED) is 0.885. The topological polar surface area (TPSA) is 91.0 Å². The lowest BCUT2D eigenvalue weighted by atomic mass is 9.74. The molecule has 1 aliphatic heterocycles. The molecule has 6 nitrogen and oxygen atoms in total. The van der Waals surface area contributed by atoms with Gasteiger partial charge in [-0.05, 0) is 51.5 Å². The second kappa shape index (κ2) is 6.24. The first-order chi connectivity index (χ1) is 11.3. The number of nitrogens with zero attached hydrogens (tertiary/aromatic N) is 1. The summed E-state index contributed by atoms with van der Waals surface area (Å²) in [4.78, 5) is 26.1. The Balaban J connectivity index is 1.73. The van der Waals surface area contributed by atoms with E-state index in [1.54, 1.807) is 6.07 Å².